The lowest BCUT2D eigenvalue weighted by molar-refractivity contribution is -0.119. The normalized spacial score (nSPS) is 47.4. The molecule has 3 aliphatic rings. The minimum atomic E-state index is 0.292. The van der Waals surface area contributed by atoms with E-state index in [2.05, 4.69) is 13.8 Å². The van der Waals surface area contributed by atoms with E-state index >= 15 is 0 Å². The number of Topliss-reactive ketones (excluding diaryl/α,β-unsaturated/α-hetero) is 1. The van der Waals surface area contributed by atoms with Crippen LogP contribution in [0, 0.1) is 17.8 Å². The predicted octanol–water partition coefficient (Wildman–Crippen LogP) is 4.01. The van der Waals surface area contributed by atoms with Gasteiger partial charge in [-0.15, -0.1) is 11.8 Å². The Bertz CT molecular complexity index is 330. The molecule has 3 heteroatoms. The van der Waals surface area contributed by atoms with Gasteiger partial charge in [0, 0.05) is 22.7 Å². The number of hydrogen-bond acceptors (Lipinski definition) is 3. The predicted molar refractivity (Wildman–Crippen MR) is 81.3 cm³/mol. The van der Waals surface area contributed by atoms with Crippen molar-refractivity contribution in [2.24, 2.45) is 17.8 Å². The molecule has 0 aromatic rings. The number of carbonyl (C=O) groups is 1. The lowest BCUT2D eigenvalue weighted by atomic mass is 9.85. The zero-order valence-electron chi connectivity index (χ0n) is 11.4. The van der Waals surface area contributed by atoms with Gasteiger partial charge in [0.25, 0.3) is 0 Å². The second kappa shape index (κ2) is 5.40. The minimum absolute atomic E-state index is 0.292. The number of hydrogen-bond donors (Lipinski definition) is 0. The Hall–Kier alpha value is 0.370. The summed E-state index contributed by atoms with van der Waals surface area (Å²) < 4.78 is 0. The summed E-state index contributed by atoms with van der Waals surface area (Å²) in [6.45, 7) is 4.57. The quantitative estimate of drug-likeness (QED) is 0.779. The van der Waals surface area contributed by atoms with E-state index in [-0.39, 0.29) is 0 Å². The van der Waals surface area contributed by atoms with Crippen molar-refractivity contribution in [3.05, 3.63) is 0 Å². The van der Waals surface area contributed by atoms with Crippen LogP contribution in [0.25, 0.3) is 0 Å². The lowest BCUT2D eigenvalue weighted by Crippen LogP contribution is -2.33. The van der Waals surface area contributed by atoms with Gasteiger partial charge in [0.1, 0.15) is 5.78 Å². The monoisotopic (exact) mass is 284 g/mol. The molecule has 0 radical (unpaired) electrons. The first-order valence-electron chi connectivity index (χ1n) is 7.43. The van der Waals surface area contributed by atoms with E-state index in [1.54, 1.807) is 0 Å². The van der Waals surface area contributed by atoms with Crippen molar-refractivity contribution in [1.82, 2.24) is 0 Å². The molecule has 102 valence electrons. The average Bonchev–Trinajstić information content (AvgIpc) is 2.94. The molecule has 3 fully saturated rings. The Kier molecular flexibility index (Phi) is 4.00. The van der Waals surface area contributed by atoms with Gasteiger partial charge in [-0.1, -0.05) is 20.3 Å². The summed E-state index contributed by atoms with van der Waals surface area (Å²) in [5.74, 6) is 4.23. The molecule has 0 amide bonds. The van der Waals surface area contributed by atoms with E-state index in [1.807, 2.05) is 23.5 Å². The highest BCUT2D eigenvalue weighted by molar-refractivity contribution is 8.08. The van der Waals surface area contributed by atoms with Crippen LogP contribution < -0.4 is 0 Å². The van der Waals surface area contributed by atoms with Gasteiger partial charge in [-0.05, 0) is 37.0 Å². The van der Waals surface area contributed by atoms with Crippen molar-refractivity contribution in [3.63, 3.8) is 0 Å². The summed E-state index contributed by atoms with van der Waals surface area (Å²) >= 11 is 3.93. The molecule has 2 saturated carbocycles. The Balaban J connectivity index is 1.52. The maximum atomic E-state index is 12.4. The second-order valence-corrected chi connectivity index (χ2v) is 9.47. The molecule has 3 rings (SSSR count). The van der Waals surface area contributed by atoms with Crippen LogP contribution in [-0.4, -0.2) is 27.3 Å². The van der Waals surface area contributed by atoms with Crippen LogP contribution in [0.15, 0.2) is 0 Å². The fourth-order valence-electron chi connectivity index (χ4n) is 3.97. The third-order valence-electron chi connectivity index (χ3n) is 5.26. The Morgan fingerprint density at radius 2 is 2.00 bits per heavy atom. The Morgan fingerprint density at radius 1 is 1.17 bits per heavy atom. The molecule has 18 heavy (non-hydrogen) atoms. The first kappa shape index (κ1) is 13.4. The molecule has 0 spiro atoms. The van der Waals surface area contributed by atoms with Gasteiger partial charge in [-0.25, -0.2) is 0 Å². The van der Waals surface area contributed by atoms with Crippen LogP contribution in [0.5, 0.6) is 0 Å². The van der Waals surface area contributed by atoms with Crippen molar-refractivity contribution < 1.29 is 4.79 Å². The van der Waals surface area contributed by atoms with Crippen LogP contribution in [0.4, 0.5) is 0 Å². The molecule has 0 aromatic heterocycles. The maximum Gasteiger partial charge on any atom is 0.146 e. The van der Waals surface area contributed by atoms with Crippen LogP contribution in [0.2, 0.25) is 0 Å². The smallest absolute Gasteiger partial charge is 0.146 e. The van der Waals surface area contributed by atoms with Crippen molar-refractivity contribution in [3.8, 4) is 0 Å². The zero-order chi connectivity index (χ0) is 12.7. The molecule has 0 N–H and O–H groups in total. The molecular formula is C15H24OS2. The highest BCUT2D eigenvalue weighted by atomic mass is 32.2. The SMILES string of the molecule is CC1SCC(C(=O)CC2CC3CCC2C3)SC1C. The highest BCUT2D eigenvalue weighted by Gasteiger charge is 2.41. The van der Waals surface area contributed by atoms with E-state index in [9.17, 15) is 4.79 Å². The van der Waals surface area contributed by atoms with Crippen molar-refractivity contribution in [2.75, 3.05) is 5.75 Å². The topological polar surface area (TPSA) is 17.1 Å². The minimum Gasteiger partial charge on any atom is -0.298 e. The third kappa shape index (κ3) is 2.63. The number of rotatable bonds is 3. The molecule has 6 atom stereocenters. The summed E-state index contributed by atoms with van der Waals surface area (Å²) in [6.07, 6.45) is 6.52. The Morgan fingerprint density at radius 3 is 2.61 bits per heavy atom. The zero-order valence-corrected chi connectivity index (χ0v) is 13.1. The summed E-state index contributed by atoms with van der Waals surface area (Å²) in [6, 6.07) is 0. The van der Waals surface area contributed by atoms with E-state index in [4.69, 9.17) is 0 Å². The lowest BCUT2D eigenvalue weighted by Gasteiger charge is -2.31. The van der Waals surface area contributed by atoms with Crippen molar-refractivity contribution in [1.29, 1.82) is 0 Å². The van der Waals surface area contributed by atoms with Gasteiger partial charge in [-0.3, -0.25) is 4.79 Å². The summed E-state index contributed by atoms with van der Waals surface area (Å²) in [5.41, 5.74) is 0. The van der Waals surface area contributed by atoms with Crippen LogP contribution >= 0.6 is 23.5 Å². The van der Waals surface area contributed by atoms with Gasteiger partial charge < -0.3 is 0 Å². The number of carbonyl (C=O) groups excluding carboxylic acids is 1. The Labute approximate surface area is 119 Å². The van der Waals surface area contributed by atoms with Gasteiger partial charge >= 0.3 is 0 Å². The third-order valence-corrected chi connectivity index (χ3v) is 8.70. The van der Waals surface area contributed by atoms with Gasteiger partial charge in [0.2, 0.25) is 0 Å². The highest BCUT2D eigenvalue weighted by Crippen LogP contribution is 2.50. The fraction of sp³-hybridized carbons (Fsp3) is 0.933. The number of ketones is 1. The van der Waals surface area contributed by atoms with Gasteiger partial charge in [0.05, 0.1) is 5.25 Å². The molecule has 1 saturated heterocycles. The summed E-state index contributed by atoms with van der Waals surface area (Å²) in [7, 11) is 0. The maximum absolute atomic E-state index is 12.4. The molecular weight excluding hydrogens is 260 g/mol. The van der Waals surface area contributed by atoms with E-state index in [0.717, 1.165) is 29.9 Å². The molecule has 1 aliphatic heterocycles. The van der Waals surface area contributed by atoms with Crippen molar-refractivity contribution >= 4 is 29.3 Å². The second-order valence-electron chi connectivity index (χ2n) is 6.47. The summed E-state index contributed by atoms with van der Waals surface area (Å²) in [4.78, 5) is 12.4. The molecule has 2 aliphatic carbocycles. The molecule has 1 nitrogen and oxygen atoms in total. The molecule has 6 unspecified atom stereocenters. The molecule has 0 aromatic carbocycles. The van der Waals surface area contributed by atoms with Gasteiger partial charge in [0.15, 0.2) is 0 Å². The fourth-order valence-corrected chi connectivity index (χ4v) is 6.87. The first-order chi connectivity index (χ1) is 8.63. The average molecular weight is 284 g/mol. The van der Waals surface area contributed by atoms with Crippen LogP contribution in [-0.2, 0) is 4.79 Å². The molecule has 2 bridgehead atoms. The van der Waals surface area contributed by atoms with E-state index in [1.165, 1.54) is 25.7 Å². The van der Waals surface area contributed by atoms with E-state index in [0.29, 0.717) is 21.5 Å². The van der Waals surface area contributed by atoms with Crippen LogP contribution in [0.1, 0.15) is 46.0 Å². The molecule has 1 heterocycles. The number of thioether (sulfide) groups is 2. The van der Waals surface area contributed by atoms with Crippen molar-refractivity contribution in [2.45, 2.75) is 61.7 Å². The summed E-state index contributed by atoms with van der Waals surface area (Å²) in [5, 5.41) is 1.64. The standard InChI is InChI=1S/C15H24OS2/c1-9-10(2)18-15(8-17-9)14(16)7-13-6-11-3-4-12(13)5-11/h9-13,15H,3-8H2,1-2H3. The largest absolute Gasteiger partial charge is 0.298 e. The van der Waals surface area contributed by atoms with Crippen LogP contribution in [0.3, 0.4) is 0 Å². The van der Waals surface area contributed by atoms with Gasteiger partial charge in [-0.2, -0.15) is 11.8 Å². The first-order valence-corrected chi connectivity index (χ1v) is 9.42. The number of fused-ring (bicyclic) bond motifs is 2. The van der Waals surface area contributed by atoms with E-state index < -0.39 is 0 Å².